The zero-order valence-corrected chi connectivity index (χ0v) is 9.33. The van der Waals surface area contributed by atoms with E-state index in [-0.39, 0.29) is 0 Å². The molecule has 0 radical (unpaired) electrons. The Kier molecular flexibility index (Phi) is 2.35. The number of methoxy groups -OCH3 is 1. The molecule has 0 aliphatic carbocycles. The summed E-state index contributed by atoms with van der Waals surface area (Å²) in [6.45, 7) is 4.20. The van der Waals surface area contributed by atoms with Crippen molar-refractivity contribution < 1.29 is 14.6 Å². The van der Waals surface area contributed by atoms with Gasteiger partial charge in [-0.05, 0) is 26.0 Å². The van der Waals surface area contributed by atoms with E-state index in [0.717, 1.165) is 29.0 Å². The Bertz CT molecular complexity index is 377. The second-order valence-corrected chi connectivity index (χ2v) is 4.32. The first kappa shape index (κ1) is 10.3. The fraction of sp³-hybridized carbons (Fsp3) is 0.500. The van der Waals surface area contributed by atoms with Gasteiger partial charge in [0.25, 0.3) is 0 Å². The minimum absolute atomic E-state index is 0.716. The van der Waals surface area contributed by atoms with Crippen LogP contribution in [0, 0.1) is 0 Å². The molecule has 15 heavy (non-hydrogen) atoms. The molecule has 0 saturated heterocycles. The summed E-state index contributed by atoms with van der Waals surface area (Å²) >= 11 is 0. The van der Waals surface area contributed by atoms with Gasteiger partial charge in [0.2, 0.25) is 0 Å². The van der Waals surface area contributed by atoms with Gasteiger partial charge >= 0.3 is 0 Å². The van der Waals surface area contributed by atoms with Gasteiger partial charge in [-0.2, -0.15) is 0 Å². The average molecular weight is 208 g/mol. The SMILES string of the molecule is COc1cc2c(cc1C(C)(C)O)OCC2. The molecule has 0 amide bonds. The average Bonchev–Trinajstić information content (AvgIpc) is 2.60. The van der Waals surface area contributed by atoms with E-state index in [1.165, 1.54) is 0 Å². The third kappa shape index (κ3) is 1.79. The summed E-state index contributed by atoms with van der Waals surface area (Å²) in [5.74, 6) is 1.60. The van der Waals surface area contributed by atoms with Gasteiger partial charge in [0, 0.05) is 17.5 Å². The number of rotatable bonds is 2. The first-order valence-electron chi connectivity index (χ1n) is 5.09. The summed E-state index contributed by atoms with van der Waals surface area (Å²) in [7, 11) is 1.62. The van der Waals surface area contributed by atoms with Gasteiger partial charge in [0.15, 0.2) is 0 Å². The highest BCUT2D eigenvalue weighted by Crippen LogP contribution is 2.37. The van der Waals surface area contributed by atoms with Gasteiger partial charge in [-0.15, -0.1) is 0 Å². The highest BCUT2D eigenvalue weighted by atomic mass is 16.5. The van der Waals surface area contributed by atoms with Crippen LogP contribution in [-0.4, -0.2) is 18.8 Å². The van der Waals surface area contributed by atoms with Gasteiger partial charge in [0.05, 0.1) is 19.3 Å². The van der Waals surface area contributed by atoms with Crippen molar-refractivity contribution in [2.45, 2.75) is 25.9 Å². The van der Waals surface area contributed by atoms with Crippen molar-refractivity contribution in [3.8, 4) is 11.5 Å². The predicted molar refractivity (Wildman–Crippen MR) is 57.4 cm³/mol. The Labute approximate surface area is 89.6 Å². The molecule has 0 fully saturated rings. The number of benzene rings is 1. The van der Waals surface area contributed by atoms with E-state index in [1.807, 2.05) is 12.1 Å². The van der Waals surface area contributed by atoms with Crippen molar-refractivity contribution in [3.05, 3.63) is 23.3 Å². The van der Waals surface area contributed by atoms with E-state index in [0.29, 0.717) is 6.61 Å². The van der Waals surface area contributed by atoms with Crippen LogP contribution in [0.1, 0.15) is 25.0 Å². The summed E-state index contributed by atoms with van der Waals surface area (Å²) in [5.41, 5.74) is 1.01. The van der Waals surface area contributed by atoms with Gasteiger partial charge in [-0.3, -0.25) is 0 Å². The van der Waals surface area contributed by atoms with E-state index in [1.54, 1.807) is 21.0 Å². The van der Waals surface area contributed by atoms with Gasteiger partial charge in [0.1, 0.15) is 11.5 Å². The van der Waals surface area contributed by atoms with Crippen molar-refractivity contribution in [3.63, 3.8) is 0 Å². The fourth-order valence-electron chi connectivity index (χ4n) is 1.85. The maximum absolute atomic E-state index is 10.00. The van der Waals surface area contributed by atoms with Crippen LogP contribution in [0.25, 0.3) is 0 Å². The summed E-state index contributed by atoms with van der Waals surface area (Å²) in [4.78, 5) is 0. The molecular formula is C12H16O3. The van der Waals surface area contributed by atoms with Crippen LogP contribution in [0.5, 0.6) is 11.5 Å². The molecule has 0 spiro atoms. The van der Waals surface area contributed by atoms with Crippen LogP contribution in [0.4, 0.5) is 0 Å². The summed E-state index contributed by atoms with van der Waals surface area (Å²) < 4.78 is 10.7. The van der Waals surface area contributed by atoms with E-state index >= 15 is 0 Å². The van der Waals surface area contributed by atoms with Crippen LogP contribution < -0.4 is 9.47 Å². The summed E-state index contributed by atoms with van der Waals surface area (Å²) in [5, 5.41) is 10.00. The van der Waals surface area contributed by atoms with Crippen LogP contribution in [0.2, 0.25) is 0 Å². The fourth-order valence-corrected chi connectivity index (χ4v) is 1.85. The van der Waals surface area contributed by atoms with Crippen LogP contribution in [0.3, 0.4) is 0 Å². The molecule has 0 atom stereocenters. The van der Waals surface area contributed by atoms with Crippen molar-refractivity contribution in [1.82, 2.24) is 0 Å². The summed E-state index contributed by atoms with van der Waals surface area (Å²) in [6.07, 6.45) is 0.915. The normalized spacial score (nSPS) is 14.7. The Morgan fingerprint density at radius 1 is 1.40 bits per heavy atom. The Hall–Kier alpha value is -1.22. The second kappa shape index (κ2) is 3.42. The van der Waals surface area contributed by atoms with Crippen LogP contribution >= 0.6 is 0 Å². The minimum Gasteiger partial charge on any atom is -0.496 e. The molecule has 1 aromatic carbocycles. The maximum atomic E-state index is 10.00. The molecule has 1 aliphatic rings. The smallest absolute Gasteiger partial charge is 0.125 e. The molecule has 0 saturated carbocycles. The first-order chi connectivity index (χ1) is 7.02. The molecule has 0 aromatic heterocycles. The number of aliphatic hydroxyl groups is 1. The predicted octanol–water partition coefficient (Wildman–Crippen LogP) is 1.86. The van der Waals surface area contributed by atoms with E-state index < -0.39 is 5.60 Å². The lowest BCUT2D eigenvalue weighted by Crippen LogP contribution is -2.16. The van der Waals surface area contributed by atoms with Gasteiger partial charge < -0.3 is 14.6 Å². The monoisotopic (exact) mass is 208 g/mol. The van der Waals surface area contributed by atoms with Crippen LogP contribution in [0.15, 0.2) is 12.1 Å². The number of fused-ring (bicyclic) bond motifs is 1. The minimum atomic E-state index is -0.910. The second-order valence-electron chi connectivity index (χ2n) is 4.32. The lowest BCUT2D eigenvalue weighted by atomic mass is 9.95. The largest absolute Gasteiger partial charge is 0.496 e. The molecule has 1 heterocycles. The van der Waals surface area contributed by atoms with Crippen molar-refractivity contribution in [2.24, 2.45) is 0 Å². The lowest BCUT2D eigenvalue weighted by Gasteiger charge is -2.21. The zero-order valence-electron chi connectivity index (χ0n) is 9.33. The summed E-state index contributed by atoms with van der Waals surface area (Å²) in [6, 6.07) is 3.83. The quantitative estimate of drug-likeness (QED) is 0.806. The van der Waals surface area contributed by atoms with Gasteiger partial charge in [-0.1, -0.05) is 0 Å². The standard InChI is InChI=1S/C12H16O3/c1-12(2,13)9-7-10-8(4-5-15-10)6-11(9)14-3/h6-7,13H,4-5H2,1-3H3. The molecule has 82 valence electrons. The van der Waals surface area contributed by atoms with E-state index in [2.05, 4.69) is 0 Å². The number of hydrogen-bond donors (Lipinski definition) is 1. The van der Waals surface area contributed by atoms with E-state index in [4.69, 9.17) is 9.47 Å². The van der Waals surface area contributed by atoms with Crippen molar-refractivity contribution in [2.75, 3.05) is 13.7 Å². The Morgan fingerprint density at radius 2 is 2.13 bits per heavy atom. The van der Waals surface area contributed by atoms with Crippen molar-refractivity contribution >= 4 is 0 Å². The van der Waals surface area contributed by atoms with Crippen LogP contribution in [-0.2, 0) is 12.0 Å². The Balaban J connectivity index is 2.54. The molecule has 0 bridgehead atoms. The van der Waals surface area contributed by atoms with E-state index in [9.17, 15) is 5.11 Å². The number of ether oxygens (including phenoxy) is 2. The number of hydrogen-bond acceptors (Lipinski definition) is 3. The third-order valence-electron chi connectivity index (χ3n) is 2.67. The zero-order chi connectivity index (χ0) is 11.1. The maximum Gasteiger partial charge on any atom is 0.125 e. The van der Waals surface area contributed by atoms with Crippen molar-refractivity contribution in [1.29, 1.82) is 0 Å². The first-order valence-corrected chi connectivity index (χ1v) is 5.09. The highest BCUT2D eigenvalue weighted by Gasteiger charge is 2.25. The molecule has 3 heteroatoms. The molecule has 1 aliphatic heterocycles. The third-order valence-corrected chi connectivity index (χ3v) is 2.67. The highest BCUT2D eigenvalue weighted by molar-refractivity contribution is 5.50. The van der Waals surface area contributed by atoms with Gasteiger partial charge in [-0.25, -0.2) is 0 Å². The molecule has 3 nitrogen and oxygen atoms in total. The molecule has 0 unspecified atom stereocenters. The molecule has 1 N–H and O–H groups in total. The molecule has 2 rings (SSSR count). The topological polar surface area (TPSA) is 38.7 Å². The molecular weight excluding hydrogens is 192 g/mol. The Morgan fingerprint density at radius 3 is 2.73 bits per heavy atom. The molecule has 1 aromatic rings. The lowest BCUT2D eigenvalue weighted by molar-refractivity contribution is 0.0754.